The quantitative estimate of drug-likeness (QED) is 0.0773. The summed E-state index contributed by atoms with van der Waals surface area (Å²) in [6.07, 6.45) is -19.5. The molecular weight excluding hydrogens is 881 g/mol. The molecule has 0 bridgehead atoms. The number of fused-ring (bicyclic) bond motifs is 5. The molecule has 7 rings (SSSR count). The molecule has 4 saturated carbocycles. The van der Waals surface area contributed by atoms with Crippen LogP contribution >= 0.6 is 0 Å². The molecule has 13 N–H and O–H groups in total. The zero-order chi connectivity index (χ0) is 49.5. The molecule has 0 spiro atoms. The van der Waals surface area contributed by atoms with Gasteiger partial charge in [0.15, 0.2) is 18.9 Å². The summed E-state index contributed by atoms with van der Waals surface area (Å²) in [5.41, 5.74) is -2.39. The van der Waals surface area contributed by atoms with Gasteiger partial charge in [-0.15, -0.1) is 0 Å². The molecule has 3 aliphatic heterocycles. The van der Waals surface area contributed by atoms with Gasteiger partial charge >= 0.3 is 0 Å². The zero-order valence-electron chi connectivity index (χ0n) is 40.3. The van der Waals surface area contributed by atoms with Gasteiger partial charge in [0.2, 0.25) is 0 Å². The third-order valence-corrected chi connectivity index (χ3v) is 18.7. The van der Waals surface area contributed by atoms with E-state index in [1.54, 1.807) is 0 Å². The Morgan fingerprint density at radius 2 is 1.18 bits per heavy atom. The predicted molar refractivity (Wildman–Crippen MR) is 235 cm³/mol. The van der Waals surface area contributed by atoms with Crippen molar-refractivity contribution >= 4 is 0 Å². The second kappa shape index (κ2) is 19.8. The Balaban J connectivity index is 1.20. The standard InChI is InChI=1S/C48H82O19/c1-21(2)10-9-13-48(8,67-43-38(61)35(58)39(27(20-51)65-43)66-42-37(60)34(57)32(55)26(19-50)64-42)22-11-15-46(6)30(22)23(52)16-28-45(5)14-12-29(53)44(3,4)40(45)24(17-47(28,46)7)62-41-36(59)33(56)31(54)25(18-49)63-41/h10,22-43,49-61H,9,11-20H2,1-8H3/t22-,23+,24-,25+,26+,27+,28+,29-,30-,31+,32-,33-,34-,35+,36+,37+,38+,39+,40-,41+,42-,43-,45+,46+,47+,48-/m0/s1. The highest BCUT2D eigenvalue weighted by molar-refractivity contribution is 5.22. The van der Waals surface area contributed by atoms with Crippen molar-refractivity contribution in [2.75, 3.05) is 19.8 Å². The summed E-state index contributed by atoms with van der Waals surface area (Å²) in [5, 5.41) is 142. The van der Waals surface area contributed by atoms with Crippen molar-refractivity contribution in [3.05, 3.63) is 11.6 Å². The molecule has 7 aliphatic rings. The molecule has 19 heteroatoms. The van der Waals surface area contributed by atoms with Crippen molar-refractivity contribution in [3.63, 3.8) is 0 Å². The van der Waals surface area contributed by atoms with Crippen LogP contribution in [0, 0.1) is 45.3 Å². The van der Waals surface area contributed by atoms with Gasteiger partial charge in [-0.3, -0.25) is 0 Å². The Morgan fingerprint density at radius 1 is 0.642 bits per heavy atom. The molecule has 0 aromatic carbocycles. The number of hydrogen-bond acceptors (Lipinski definition) is 19. The Labute approximate surface area is 393 Å². The van der Waals surface area contributed by atoms with Crippen molar-refractivity contribution in [2.45, 2.75) is 223 Å². The van der Waals surface area contributed by atoms with Gasteiger partial charge in [0.25, 0.3) is 0 Å². The summed E-state index contributed by atoms with van der Waals surface area (Å²) >= 11 is 0. The van der Waals surface area contributed by atoms with E-state index in [4.69, 9.17) is 28.4 Å². The second-order valence-corrected chi connectivity index (χ2v) is 23.1. The Bertz CT molecular complexity index is 1710. The first-order valence-corrected chi connectivity index (χ1v) is 24.5. The second-order valence-electron chi connectivity index (χ2n) is 23.1. The fraction of sp³-hybridized carbons (Fsp3) is 0.958. The van der Waals surface area contributed by atoms with E-state index in [1.807, 2.05) is 34.6 Å². The molecule has 7 fully saturated rings. The summed E-state index contributed by atoms with van der Waals surface area (Å²) in [4.78, 5) is 0. The SMILES string of the molecule is CC(C)=CCC[C@](C)(O[C@@H]1O[C@H](CO)[C@@H](O[C@@H]2O[C@H](CO)[C@H](O)[C@H](O)[C@H]2O)[C@H](O)[C@H]1O)[C@H]1CC[C@]2(C)[C@@H]1[C@H](O)C[C@@H]1[C@@]3(C)CC[C@H](O)C(C)(C)[C@@H]3[C@@H](O[C@@H]3O[C@H](CO)[C@@H](O)[C@H](O)[C@H]3O)C[C@]12C. The predicted octanol–water partition coefficient (Wildman–Crippen LogP) is -1.06. The summed E-state index contributed by atoms with van der Waals surface area (Å²) in [5.74, 6) is -1.11. The third kappa shape index (κ3) is 9.03. The van der Waals surface area contributed by atoms with E-state index in [0.717, 1.165) is 5.57 Å². The summed E-state index contributed by atoms with van der Waals surface area (Å²) in [6.45, 7) is 14.5. The monoisotopic (exact) mass is 963 g/mol. The number of hydrogen-bond donors (Lipinski definition) is 13. The maximum Gasteiger partial charge on any atom is 0.187 e. The molecule has 3 saturated heterocycles. The van der Waals surface area contributed by atoms with Crippen LogP contribution in [0.15, 0.2) is 11.6 Å². The van der Waals surface area contributed by atoms with Crippen LogP contribution in [0.25, 0.3) is 0 Å². The minimum Gasteiger partial charge on any atom is -0.394 e. The Hall–Kier alpha value is -1.02. The average molecular weight is 963 g/mol. The smallest absolute Gasteiger partial charge is 0.187 e. The molecule has 19 nitrogen and oxygen atoms in total. The van der Waals surface area contributed by atoms with Gasteiger partial charge in [-0.1, -0.05) is 46.3 Å². The van der Waals surface area contributed by atoms with E-state index in [-0.39, 0.29) is 23.7 Å². The van der Waals surface area contributed by atoms with E-state index in [1.165, 1.54) is 0 Å². The van der Waals surface area contributed by atoms with Crippen LogP contribution in [-0.2, 0) is 28.4 Å². The van der Waals surface area contributed by atoms with Crippen LogP contribution in [0.3, 0.4) is 0 Å². The zero-order valence-corrected chi connectivity index (χ0v) is 40.3. The topological polar surface area (TPSA) is 318 Å². The van der Waals surface area contributed by atoms with Crippen molar-refractivity contribution in [1.29, 1.82) is 0 Å². The number of aliphatic hydroxyl groups is 13. The van der Waals surface area contributed by atoms with Crippen LogP contribution in [0.5, 0.6) is 0 Å². The fourth-order valence-electron chi connectivity index (χ4n) is 14.9. The van der Waals surface area contributed by atoms with Crippen molar-refractivity contribution in [2.24, 2.45) is 45.3 Å². The van der Waals surface area contributed by atoms with Gasteiger partial charge in [0.05, 0.1) is 43.7 Å². The van der Waals surface area contributed by atoms with Crippen molar-refractivity contribution in [3.8, 4) is 0 Å². The minimum absolute atomic E-state index is 0.0659. The maximum absolute atomic E-state index is 12.7. The van der Waals surface area contributed by atoms with Gasteiger partial charge < -0.3 is 94.8 Å². The minimum atomic E-state index is -1.82. The van der Waals surface area contributed by atoms with Gasteiger partial charge in [0, 0.05) is 0 Å². The van der Waals surface area contributed by atoms with Crippen LogP contribution < -0.4 is 0 Å². The molecule has 0 aromatic rings. The molecule has 4 aliphatic carbocycles. The van der Waals surface area contributed by atoms with Crippen molar-refractivity contribution in [1.82, 2.24) is 0 Å². The third-order valence-electron chi connectivity index (χ3n) is 18.7. The van der Waals surface area contributed by atoms with Gasteiger partial charge in [-0.05, 0) is 117 Å². The number of aliphatic hydroxyl groups excluding tert-OH is 13. The maximum atomic E-state index is 12.7. The molecule has 0 amide bonds. The first kappa shape index (κ1) is 53.8. The van der Waals surface area contributed by atoms with E-state index in [9.17, 15) is 66.4 Å². The van der Waals surface area contributed by atoms with Gasteiger partial charge in [0.1, 0.15) is 73.2 Å². The van der Waals surface area contributed by atoms with Crippen LogP contribution in [0.2, 0.25) is 0 Å². The molecule has 0 aromatic heterocycles. The molecule has 67 heavy (non-hydrogen) atoms. The highest BCUT2D eigenvalue weighted by Crippen LogP contribution is 2.76. The molecule has 3 heterocycles. The lowest BCUT2D eigenvalue weighted by molar-refractivity contribution is -0.372. The number of allylic oxidation sites excluding steroid dienone is 2. The van der Waals surface area contributed by atoms with E-state index in [2.05, 4.69) is 26.8 Å². The van der Waals surface area contributed by atoms with E-state index >= 15 is 0 Å². The van der Waals surface area contributed by atoms with E-state index in [0.29, 0.717) is 51.4 Å². The Kier molecular flexibility index (Phi) is 15.9. The number of rotatable bonds is 13. The summed E-state index contributed by atoms with van der Waals surface area (Å²) in [6, 6.07) is 0. The van der Waals surface area contributed by atoms with Gasteiger partial charge in [-0.25, -0.2) is 0 Å². The highest BCUT2D eigenvalue weighted by Gasteiger charge is 2.74. The van der Waals surface area contributed by atoms with E-state index < -0.39 is 158 Å². The normalized spacial score (nSPS) is 52.9. The summed E-state index contributed by atoms with van der Waals surface area (Å²) < 4.78 is 37.2. The lowest BCUT2D eigenvalue weighted by atomic mass is 9.34. The van der Waals surface area contributed by atoms with Crippen LogP contribution in [0.1, 0.15) is 107 Å². The van der Waals surface area contributed by atoms with Gasteiger partial charge in [-0.2, -0.15) is 0 Å². The van der Waals surface area contributed by atoms with Crippen LogP contribution in [-0.4, -0.2) is 202 Å². The lowest BCUT2D eigenvalue weighted by Gasteiger charge is -2.72. The molecule has 0 unspecified atom stereocenters. The molecular formula is C48H82O19. The molecule has 388 valence electrons. The summed E-state index contributed by atoms with van der Waals surface area (Å²) in [7, 11) is 0. The Morgan fingerprint density at radius 3 is 1.73 bits per heavy atom. The van der Waals surface area contributed by atoms with Crippen molar-refractivity contribution < 1.29 is 94.8 Å². The lowest BCUT2D eigenvalue weighted by Crippen LogP contribution is -2.71. The highest BCUT2D eigenvalue weighted by atomic mass is 16.7. The largest absolute Gasteiger partial charge is 0.394 e. The first-order valence-electron chi connectivity index (χ1n) is 24.5. The average Bonchev–Trinajstić information content (AvgIpc) is 3.66. The molecule has 0 radical (unpaired) electrons. The molecule has 26 atom stereocenters. The fourth-order valence-corrected chi connectivity index (χ4v) is 14.9. The first-order chi connectivity index (χ1) is 31.3. The van der Waals surface area contributed by atoms with Crippen LogP contribution in [0.4, 0.5) is 0 Å². The number of ether oxygens (including phenoxy) is 6.